The van der Waals surface area contributed by atoms with Crippen molar-refractivity contribution in [3.8, 4) is 17.0 Å². The maximum atomic E-state index is 13.6. The summed E-state index contributed by atoms with van der Waals surface area (Å²) >= 11 is 2.26. The van der Waals surface area contributed by atoms with Gasteiger partial charge in [-0.3, -0.25) is 9.69 Å². The van der Waals surface area contributed by atoms with Crippen LogP contribution in [0.25, 0.3) is 11.3 Å². The molecule has 0 bridgehead atoms. The van der Waals surface area contributed by atoms with E-state index in [0.29, 0.717) is 23.6 Å². The summed E-state index contributed by atoms with van der Waals surface area (Å²) in [6, 6.07) is 22.8. The predicted molar refractivity (Wildman–Crippen MR) is 147 cm³/mol. The van der Waals surface area contributed by atoms with E-state index in [1.165, 1.54) is 4.90 Å². The zero-order valence-corrected chi connectivity index (χ0v) is 22.0. The number of H-pyrrole nitrogens is 1. The number of nitrogens with one attached hydrogen (secondary N) is 2. The summed E-state index contributed by atoms with van der Waals surface area (Å²) in [5.74, 6) is 0.767. The first-order valence-electron chi connectivity index (χ1n) is 11.9. The van der Waals surface area contributed by atoms with E-state index in [9.17, 15) is 9.59 Å². The number of imidazole rings is 1. The summed E-state index contributed by atoms with van der Waals surface area (Å²) < 4.78 is 6.53. The number of aromatic amines is 1. The van der Waals surface area contributed by atoms with E-state index >= 15 is 0 Å². The van der Waals surface area contributed by atoms with Crippen LogP contribution in [0.1, 0.15) is 29.0 Å². The number of carbonyl (C=O) groups is 2. The molecule has 3 N–H and O–H groups in total. The number of ether oxygens (including phenoxy) is 1. The molecular formula is C28H25IN4O4. The van der Waals surface area contributed by atoms with Gasteiger partial charge in [0.15, 0.2) is 0 Å². The number of halogens is 1. The van der Waals surface area contributed by atoms with Gasteiger partial charge in [0.05, 0.1) is 18.5 Å². The van der Waals surface area contributed by atoms with Crippen LogP contribution >= 0.6 is 22.6 Å². The van der Waals surface area contributed by atoms with Gasteiger partial charge in [0, 0.05) is 9.99 Å². The molecule has 3 amide bonds. The lowest BCUT2D eigenvalue weighted by molar-refractivity contribution is -0.129. The summed E-state index contributed by atoms with van der Waals surface area (Å²) in [5, 5.41) is 11.8. The van der Waals surface area contributed by atoms with Gasteiger partial charge in [-0.1, -0.05) is 54.6 Å². The second-order valence-corrected chi connectivity index (χ2v) is 9.87. The lowest BCUT2D eigenvalue weighted by Gasteiger charge is -2.24. The topological polar surface area (TPSA) is 108 Å². The number of imide groups is 1. The average molecular weight is 608 g/mol. The molecule has 8 nitrogen and oxygen atoms in total. The minimum absolute atomic E-state index is 0.0885. The quantitative estimate of drug-likeness (QED) is 0.190. The maximum Gasteiger partial charge on any atom is 0.325 e. The van der Waals surface area contributed by atoms with Crippen LogP contribution < -0.4 is 10.1 Å². The highest BCUT2D eigenvalue weighted by atomic mass is 127. The minimum atomic E-state index is -0.816. The number of aromatic nitrogens is 2. The van der Waals surface area contributed by atoms with E-state index in [0.717, 1.165) is 20.4 Å². The molecule has 1 saturated heterocycles. The molecule has 0 unspecified atom stereocenters. The fourth-order valence-corrected chi connectivity index (χ4v) is 4.72. The van der Waals surface area contributed by atoms with Crippen molar-refractivity contribution in [1.29, 1.82) is 0 Å². The van der Waals surface area contributed by atoms with Crippen molar-refractivity contribution in [3.63, 3.8) is 0 Å². The molecule has 1 aromatic heterocycles. The van der Waals surface area contributed by atoms with Crippen molar-refractivity contribution in [2.75, 3.05) is 13.2 Å². The molecule has 4 aromatic rings. The Kier molecular flexibility index (Phi) is 7.52. The van der Waals surface area contributed by atoms with Gasteiger partial charge in [0.25, 0.3) is 5.91 Å². The minimum Gasteiger partial charge on any atom is -0.491 e. The van der Waals surface area contributed by atoms with Crippen LogP contribution in [0.5, 0.6) is 5.75 Å². The normalized spacial score (nSPS) is 16.1. The number of rotatable bonds is 9. The second-order valence-electron chi connectivity index (χ2n) is 8.63. The summed E-state index contributed by atoms with van der Waals surface area (Å²) in [4.78, 5) is 36.0. The molecule has 2 atom stereocenters. The summed E-state index contributed by atoms with van der Waals surface area (Å²) in [6.07, 6.45) is 2.15. The molecule has 1 fully saturated rings. The van der Waals surface area contributed by atoms with Crippen molar-refractivity contribution in [2.24, 2.45) is 0 Å². The highest BCUT2D eigenvalue weighted by Gasteiger charge is 2.44. The van der Waals surface area contributed by atoms with Gasteiger partial charge in [-0.25, -0.2) is 9.78 Å². The van der Waals surface area contributed by atoms with Crippen LogP contribution in [-0.2, 0) is 11.2 Å². The van der Waals surface area contributed by atoms with Crippen molar-refractivity contribution < 1.29 is 19.4 Å². The van der Waals surface area contributed by atoms with E-state index in [1.54, 1.807) is 30.5 Å². The fraction of sp³-hybridized carbons (Fsp3) is 0.179. The first-order valence-corrected chi connectivity index (χ1v) is 12.9. The molecule has 3 aromatic carbocycles. The monoisotopic (exact) mass is 608 g/mol. The van der Waals surface area contributed by atoms with Gasteiger partial charge in [-0.2, -0.15) is 0 Å². The van der Waals surface area contributed by atoms with E-state index in [1.807, 2.05) is 54.6 Å². The Morgan fingerprint density at radius 1 is 1.00 bits per heavy atom. The lowest BCUT2D eigenvalue weighted by Crippen LogP contribution is -2.36. The Hall–Kier alpha value is -3.70. The second kappa shape index (κ2) is 11.1. The molecule has 5 rings (SSSR count). The van der Waals surface area contributed by atoms with Gasteiger partial charge >= 0.3 is 6.03 Å². The third-order valence-corrected chi connectivity index (χ3v) is 6.91. The van der Waals surface area contributed by atoms with Gasteiger partial charge in [-0.15, -0.1) is 0 Å². The number of aliphatic hydroxyl groups is 1. The fourth-order valence-electron chi connectivity index (χ4n) is 4.36. The number of amides is 3. The van der Waals surface area contributed by atoms with Crippen molar-refractivity contribution in [1.82, 2.24) is 20.2 Å². The Morgan fingerprint density at radius 3 is 2.43 bits per heavy atom. The van der Waals surface area contributed by atoms with Crippen LogP contribution in [0.15, 0.2) is 85.1 Å². The maximum absolute atomic E-state index is 13.6. The number of hydrogen-bond donors (Lipinski definition) is 3. The molecule has 188 valence electrons. The molecule has 2 heterocycles. The third-order valence-electron chi connectivity index (χ3n) is 6.19. The van der Waals surface area contributed by atoms with Crippen LogP contribution in [0.4, 0.5) is 4.79 Å². The van der Waals surface area contributed by atoms with Gasteiger partial charge in [0.1, 0.15) is 30.3 Å². The molecular weight excluding hydrogens is 583 g/mol. The predicted octanol–water partition coefficient (Wildman–Crippen LogP) is 4.63. The van der Waals surface area contributed by atoms with E-state index < -0.39 is 18.1 Å². The molecule has 0 saturated carbocycles. The standard InChI is InChI=1S/C28H25IN4O4/c29-21-10-6-19(7-11-21)23-17-30-26(31-23)24(16-18-4-2-1-3-5-18)33-27(35)25(32-28(33)36)20-8-12-22(13-9-20)37-15-14-34/h1-13,17,24-25,34H,14-16H2,(H,30,31)(H,32,36)/t24-,25+/m1/s1. The highest BCUT2D eigenvalue weighted by Crippen LogP contribution is 2.33. The molecule has 1 aliphatic rings. The lowest BCUT2D eigenvalue weighted by atomic mass is 10.0. The van der Waals surface area contributed by atoms with Crippen LogP contribution in [0.2, 0.25) is 0 Å². The van der Waals surface area contributed by atoms with Crippen LogP contribution in [0, 0.1) is 3.57 Å². The Balaban J connectivity index is 1.44. The van der Waals surface area contributed by atoms with Crippen molar-refractivity contribution in [3.05, 3.63) is 106 Å². The summed E-state index contributed by atoms with van der Waals surface area (Å²) in [6.45, 7) is 0.0927. The van der Waals surface area contributed by atoms with E-state index in [2.05, 4.69) is 37.9 Å². The Morgan fingerprint density at radius 2 is 1.73 bits per heavy atom. The largest absolute Gasteiger partial charge is 0.491 e. The zero-order valence-electron chi connectivity index (χ0n) is 19.8. The smallest absolute Gasteiger partial charge is 0.325 e. The number of nitrogens with zero attached hydrogens (tertiary/aromatic N) is 2. The first-order chi connectivity index (χ1) is 18.0. The number of aliphatic hydroxyl groups excluding tert-OH is 1. The average Bonchev–Trinajstić information content (AvgIpc) is 3.52. The van der Waals surface area contributed by atoms with Gasteiger partial charge < -0.3 is 20.1 Å². The summed E-state index contributed by atoms with van der Waals surface area (Å²) in [5.41, 5.74) is 3.41. The van der Waals surface area contributed by atoms with Crippen LogP contribution in [-0.4, -0.2) is 45.1 Å². The Bertz CT molecular complexity index is 1370. The van der Waals surface area contributed by atoms with E-state index in [-0.39, 0.29) is 19.1 Å². The number of hydrogen-bond acceptors (Lipinski definition) is 5. The molecule has 0 aliphatic carbocycles. The molecule has 1 aliphatic heterocycles. The van der Waals surface area contributed by atoms with Crippen molar-refractivity contribution >= 4 is 34.5 Å². The third kappa shape index (κ3) is 5.52. The first kappa shape index (κ1) is 25.0. The number of benzene rings is 3. The van der Waals surface area contributed by atoms with Crippen molar-refractivity contribution in [2.45, 2.75) is 18.5 Å². The molecule has 37 heavy (non-hydrogen) atoms. The summed E-state index contributed by atoms with van der Waals surface area (Å²) in [7, 11) is 0. The molecule has 0 radical (unpaired) electrons. The van der Waals surface area contributed by atoms with E-state index in [4.69, 9.17) is 9.84 Å². The van der Waals surface area contributed by atoms with Gasteiger partial charge in [0.2, 0.25) is 0 Å². The number of carbonyl (C=O) groups excluding carboxylic acids is 2. The van der Waals surface area contributed by atoms with Gasteiger partial charge in [-0.05, 0) is 63.5 Å². The Labute approximate surface area is 227 Å². The van der Waals surface area contributed by atoms with Crippen LogP contribution in [0.3, 0.4) is 0 Å². The molecule has 0 spiro atoms. The highest BCUT2D eigenvalue weighted by molar-refractivity contribution is 14.1. The number of urea groups is 1. The molecule has 9 heteroatoms. The zero-order chi connectivity index (χ0) is 25.8. The SMILES string of the molecule is O=C1N[C@@H](c2ccc(OCCO)cc2)C(=O)N1[C@H](Cc1ccccc1)c1ncc(-c2ccc(I)cc2)[nH]1.